The number of carbonyl (C=O) groups is 1. The zero-order valence-electron chi connectivity index (χ0n) is 8.95. The van der Waals surface area contributed by atoms with Crippen LogP contribution in [0.5, 0.6) is 0 Å². The molecule has 0 amide bonds. The minimum Gasteiger partial charge on any atom is -0.480 e. The second kappa shape index (κ2) is 10.2. The largest absolute Gasteiger partial charge is 0.480 e. The van der Waals surface area contributed by atoms with E-state index in [1.807, 2.05) is 11.8 Å². The molecule has 0 spiro atoms. The molecule has 0 saturated carbocycles. The topological polar surface area (TPSA) is 101 Å². The van der Waals surface area contributed by atoms with Crippen LogP contribution in [0.3, 0.4) is 0 Å². The Morgan fingerprint density at radius 1 is 1.53 bits per heavy atom. The van der Waals surface area contributed by atoms with Crippen molar-refractivity contribution in [3.05, 3.63) is 0 Å². The van der Waals surface area contributed by atoms with Gasteiger partial charge in [-0.2, -0.15) is 0 Å². The molecule has 1 atom stereocenters. The van der Waals surface area contributed by atoms with Crippen molar-refractivity contribution in [3.8, 4) is 0 Å². The Balaban J connectivity index is 0.000000322. The number of carboxylic acid groups (broad SMARTS) is 1. The second-order valence-corrected chi connectivity index (χ2v) is 4.39. The number of carboxylic acids is 1. The SMILES string of the molecule is C1CSCN1.NCCCC[C@H](N)C(=O)O. The van der Waals surface area contributed by atoms with Gasteiger partial charge in [0, 0.05) is 18.2 Å². The van der Waals surface area contributed by atoms with Gasteiger partial charge in [0.1, 0.15) is 6.04 Å². The van der Waals surface area contributed by atoms with Crippen molar-refractivity contribution in [2.75, 3.05) is 24.7 Å². The third kappa shape index (κ3) is 9.99. The highest BCUT2D eigenvalue weighted by Gasteiger charge is 2.09. The van der Waals surface area contributed by atoms with E-state index in [0.29, 0.717) is 13.0 Å². The standard InChI is InChI=1S/C6H14N2O2.C3H7NS/c7-4-2-1-3-5(8)6(9)10;1-2-5-3-4-1/h5H,1-4,7-8H2,(H,9,10);4H,1-3H2/t5-;/m0./s1. The molecule has 0 unspecified atom stereocenters. The number of nitrogens with two attached hydrogens (primary N) is 2. The number of thioether (sulfide) groups is 1. The number of aliphatic carboxylic acids is 1. The number of nitrogens with one attached hydrogen (secondary N) is 1. The monoisotopic (exact) mass is 235 g/mol. The predicted molar refractivity (Wildman–Crippen MR) is 63.8 cm³/mol. The first kappa shape index (κ1) is 14.7. The van der Waals surface area contributed by atoms with Crippen LogP contribution in [0.25, 0.3) is 0 Å². The first-order valence-electron chi connectivity index (χ1n) is 5.15. The first-order valence-corrected chi connectivity index (χ1v) is 6.31. The van der Waals surface area contributed by atoms with Gasteiger partial charge in [0.15, 0.2) is 0 Å². The van der Waals surface area contributed by atoms with Crippen LogP contribution in [-0.2, 0) is 4.79 Å². The van der Waals surface area contributed by atoms with Crippen molar-refractivity contribution in [1.29, 1.82) is 0 Å². The lowest BCUT2D eigenvalue weighted by Gasteiger charge is -2.03. The summed E-state index contributed by atoms with van der Waals surface area (Å²) >= 11 is 1.96. The van der Waals surface area contributed by atoms with Crippen molar-refractivity contribution in [3.63, 3.8) is 0 Å². The minimum atomic E-state index is -0.933. The fourth-order valence-corrected chi connectivity index (χ4v) is 1.71. The maximum Gasteiger partial charge on any atom is 0.320 e. The van der Waals surface area contributed by atoms with E-state index in [1.165, 1.54) is 18.2 Å². The molecular formula is C9H21N3O2S. The Bertz CT molecular complexity index is 158. The van der Waals surface area contributed by atoms with Gasteiger partial charge in [0.05, 0.1) is 0 Å². The van der Waals surface area contributed by atoms with E-state index in [0.717, 1.165) is 12.8 Å². The Hall–Kier alpha value is -0.300. The van der Waals surface area contributed by atoms with Crippen LogP contribution in [-0.4, -0.2) is 41.8 Å². The molecule has 1 fully saturated rings. The first-order chi connectivity index (χ1) is 7.18. The lowest BCUT2D eigenvalue weighted by Crippen LogP contribution is -2.29. The van der Waals surface area contributed by atoms with E-state index in [2.05, 4.69) is 5.32 Å². The quantitative estimate of drug-likeness (QED) is 0.493. The molecule has 5 nitrogen and oxygen atoms in total. The Kier molecular flexibility index (Phi) is 10.0. The zero-order chi connectivity index (χ0) is 11.5. The van der Waals surface area contributed by atoms with Crippen LogP contribution in [0.2, 0.25) is 0 Å². The number of hydrogen-bond acceptors (Lipinski definition) is 5. The molecule has 1 aliphatic rings. The summed E-state index contributed by atoms with van der Waals surface area (Å²) in [5.41, 5.74) is 10.4. The van der Waals surface area contributed by atoms with E-state index in [1.54, 1.807) is 0 Å². The summed E-state index contributed by atoms with van der Waals surface area (Å²) in [7, 11) is 0. The lowest BCUT2D eigenvalue weighted by molar-refractivity contribution is -0.138. The van der Waals surface area contributed by atoms with Gasteiger partial charge in [-0.15, -0.1) is 11.8 Å². The summed E-state index contributed by atoms with van der Waals surface area (Å²) in [6.07, 6.45) is 2.16. The zero-order valence-corrected chi connectivity index (χ0v) is 9.76. The van der Waals surface area contributed by atoms with Gasteiger partial charge in [-0.3, -0.25) is 4.79 Å². The molecule has 1 saturated heterocycles. The molecule has 6 N–H and O–H groups in total. The highest BCUT2D eigenvalue weighted by Crippen LogP contribution is 1.99. The molecule has 1 aliphatic heterocycles. The van der Waals surface area contributed by atoms with Crippen molar-refractivity contribution in [1.82, 2.24) is 5.32 Å². The van der Waals surface area contributed by atoms with Crippen LogP contribution in [0, 0.1) is 0 Å². The third-order valence-corrected chi connectivity index (χ3v) is 2.81. The molecule has 0 aromatic rings. The molecule has 0 aliphatic carbocycles. The summed E-state index contributed by atoms with van der Waals surface area (Å²) in [6.45, 7) is 1.82. The highest BCUT2D eigenvalue weighted by molar-refractivity contribution is 7.99. The normalized spacial score (nSPS) is 16.7. The molecule has 0 radical (unpaired) electrons. The Morgan fingerprint density at radius 2 is 2.27 bits per heavy atom. The van der Waals surface area contributed by atoms with Crippen LogP contribution in [0.4, 0.5) is 0 Å². The molecule has 1 rings (SSSR count). The fourth-order valence-electron chi connectivity index (χ4n) is 0.993. The minimum absolute atomic E-state index is 0.520. The number of rotatable bonds is 5. The van der Waals surface area contributed by atoms with Crippen molar-refractivity contribution >= 4 is 17.7 Å². The van der Waals surface area contributed by atoms with E-state index >= 15 is 0 Å². The lowest BCUT2D eigenvalue weighted by atomic mass is 10.1. The molecule has 90 valence electrons. The van der Waals surface area contributed by atoms with Crippen molar-refractivity contribution in [2.24, 2.45) is 11.5 Å². The van der Waals surface area contributed by atoms with E-state index < -0.39 is 12.0 Å². The summed E-state index contributed by atoms with van der Waals surface area (Å²) in [5, 5.41) is 11.5. The summed E-state index contributed by atoms with van der Waals surface area (Å²) in [4.78, 5) is 10.1. The van der Waals surface area contributed by atoms with Gasteiger partial charge in [-0.1, -0.05) is 6.42 Å². The predicted octanol–water partition coefficient (Wildman–Crippen LogP) is -0.192. The smallest absolute Gasteiger partial charge is 0.320 e. The number of hydrogen-bond donors (Lipinski definition) is 4. The van der Waals surface area contributed by atoms with Crippen molar-refractivity contribution in [2.45, 2.75) is 25.3 Å². The molecule has 0 aromatic carbocycles. The summed E-state index contributed by atoms with van der Waals surface area (Å²) in [6, 6.07) is -0.716. The maximum absolute atomic E-state index is 10.1. The average molecular weight is 235 g/mol. The molecule has 0 bridgehead atoms. The maximum atomic E-state index is 10.1. The van der Waals surface area contributed by atoms with Gasteiger partial charge in [0.25, 0.3) is 0 Å². The van der Waals surface area contributed by atoms with Crippen LogP contribution in [0.15, 0.2) is 0 Å². The highest BCUT2D eigenvalue weighted by atomic mass is 32.2. The Morgan fingerprint density at radius 3 is 2.60 bits per heavy atom. The molecule has 15 heavy (non-hydrogen) atoms. The summed E-state index contributed by atoms with van der Waals surface area (Å²) in [5.74, 6) is 1.54. The van der Waals surface area contributed by atoms with E-state index in [-0.39, 0.29) is 0 Å². The molecule has 0 aromatic heterocycles. The van der Waals surface area contributed by atoms with Crippen LogP contribution < -0.4 is 16.8 Å². The number of unbranched alkanes of at least 4 members (excludes halogenated alkanes) is 1. The van der Waals surface area contributed by atoms with Gasteiger partial charge in [-0.05, 0) is 19.4 Å². The summed E-state index contributed by atoms with van der Waals surface area (Å²) < 4.78 is 0. The van der Waals surface area contributed by atoms with Crippen molar-refractivity contribution < 1.29 is 9.90 Å². The van der Waals surface area contributed by atoms with Gasteiger partial charge < -0.3 is 21.9 Å². The van der Waals surface area contributed by atoms with Gasteiger partial charge in [0.2, 0.25) is 0 Å². The second-order valence-electron chi connectivity index (χ2n) is 3.28. The molecule has 6 heteroatoms. The van der Waals surface area contributed by atoms with Crippen LogP contribution in [0.1, 0.15) is 19.3 Å². The Labute approximate surface area is 95.0 Å². The van der Waals surface area contributed by atoms with Gasteiger partial charge >= 0.3 is 5.97 Å². The van der Waals surface area contributed by atoms with E-state index in [9.17, 15) is 4.79 Å². The van der Waals surface area contributed by atoms with E-state index in [4.69, 9.17) is 16.6 Å². The fraction of sp³-hybridized carbons (Fsp3) is 0.889. The molecule has 1 heterocycles. The third-order valence-electron chi connectivity index (χ3n) is 1.91. The average Bonchev–Trinajstić information content (AvgIpc) is 2.75. The molecular weight excluding hydrogens is 214 g/mol. The van der Waals surface area contributed by atoms with Gasteiger partial charge in [-0.25, -0.2) is 0 Å². The van der Waals surface area contributed by atoms with Crippen LogP contribution >= 0.6 is 11.8 Å².